The van der Waals surface area contributed by atoms with Crippen molar-refractivity contribution >= 4 is 29.9 Å². The van der Waals surface area contributed by atoms with Gasteiger partial charge in [0.15, 0.2) is 5.96 Å². The summed E-state index contributed by atoms with van der Waals surface area (Å²) >= 11 is 0. The minimum atomic E-state index is 0. The third-order valence-electron chi connectivity index (χ3n) is 4.64. The summed E-state index contributed by atoms with van der Waals surface area (Å²) in [5.41, 5.74) is 0. The second-order valence-corrected chi connectivity index (χ2v) is 6.60. The Hall–Kier alpha value is -0.0800. The van der Waals surface area contributed by atoms with Gasteiger partial charge in [0.25, 0.3) is 0 Å². The maximum Gasteiger partial charge on any atom is 0.191 e. The second-order valence-electron chi connectivity index (χ2n) is 6.60. The molecule has 2 aliphatic rings. The number of nitrogens with zero attached hydrogens (tertiary/aromatic N) is 1. The normalized spacial score (nSPS) is 22.7. The summed E-state index contributed by atoms with van der Waals surface area (Å²) in [5.74, 6) is 0.898. The average Bonchev–Trinajstić information content (AvgIpc) is 2.94. The summed E-state index contributed by atoms with van der Waals surface area (Å²) in [6.07, 6.45) is 12.2. The standard InChI is InChI=1S/C18H35N3O2.HI/c1-2-19-18(20-12-11-17-10-7-14-22-17)21-13-15-23-16-8-5-3-4-6-9-16;/h16-17H,2-15H2,1H3,(H2,19,20,21);1H. The topological polar surface area (TPSA) is 54.9 Å². The quantitative estimate of drug-likeness (QED) is 0.194. The molecule has 1 unspecified atom stereocenters. The van der Waals surface area contributed by atoms with E-state index in [1.807, 2.05) is 0 Å². The molecule has 6 heteroatoms. The maximum atomic E-state index is 6.01. The molecule has 0 amide bonds. The highest BCUT2D eigenvalue weighted by molar-refractivity contribution is 14.0. The lowest BCUT2D eigenvalue weighted by molar-refractivity contribution is 0.0468. The third kappa shape index (κ3) is 9.42. The first-order chi connectivity index (χ1) is 11.4. The molecule has 2 fully saturated rings. The monoisotopic (exact) mass is 453 g/mol. The van der Waals surface area contributed by atoms with Gasteiger partial charge in [0.1, 0.15) is 0 Å². The maximum absolute atomic E-state index is 6.01. The molecule has 2 rings (SSSR count). The summed E-state index contributed by atoms with van der Waals surface area (Å²) in [6.45, 7) is 6.31. The highest BCUT2D eigenvalue weighted by atomic mass is 127. The number of rotatable bonds is 8. The molecular weight excluding hydrogens is 417 g/mol. The smallest absolute Gasteiger partial charge is 0.191 e. The summed E-state index contributed by atoms with van der Waals surface area (Å²) in [5, 5.41) is 6.67. The first-order valence-electron chi connectivity index (χ1n) is 9.64. The molecule has 0 radical (unpaired) electrons. The Morgan fingerprint density at radius 3 is 2.54 bits per heavy atom. The lowest BCUT2D eigenvalue weighted by Gasteiger charge is -2.17. The number of hydrogen-bond donors (Lipinski definition) is 2. The zero-order valence-corrected chi connectivity index (χ0v) is 17.6. The van der Waals surface area contributed by atoms with Crippen molar-refractivity contribution in [1.82, 2.24) is 10.6 Å². The van der Waals surface area contributed by atoms with Crippen molar-refractivity contribution in [2.45, 2.75) is 76.9 Å². The fourth-order valence-corrected chi connectivity index (χ4v) is 3.34. The molecule has 0 spiro atoms. The van der Waals surface area contributed by atoms with Crippen LogP contribution in [0.2, 0.25) is 0 Å². The van der Waals surface area contributed by atoms with E-state index < -0.39 is 0 Å². The van der Waals surface area contributed by atoms with E-state index >= 15 is 0 Å². The Morgan fingerprint density at radius 2 is 1.88 bits per heavy atom. The van der Waals surface area contributed by atoms with Gasteiger partial charge in [-0.05, 0) is 39.0 Å². The fourth-order valence-electron chi connectivity index (χ4n) is 3.34. The molecular formula is C18H36IN3O2. The van der Waals surface area contributed by atoms with Crippen molar-refractivity contribution in [1.29, 1.82) is 0 Å². The van der Waals surface area contributed by atoms with Crippen molar-refractivity contribution in [3.8, 4) is 0 Å². The Bertz CT molecular complexity index is 328. The number of halogens is 1. The van der Waals surface area contributed by atoms with Crippen LogP contribution in [0.15, 0.2) is 4.99 Å². The SMILES string of the molecule is CCNC(=NCCC1CCCO1)NCCOC1CCCCCC1.I. The Morgan fingerprint density at radius 1 is 1.08 bits per heavy atom. The summed E-state index contributed by atoms with van der Waals surface area (Å²) in [7, 11) is 0. The molecule has 1 saturated carbocycles. The Labute approximate surface area is 164 Å². The van der Waals surface area contributed by atoms with Crippen LogP contribution in [0.5, 0.6) is 0 Å². The van der Waals surface area contributed by atoms with Gasteiger partial charge >= 0.3 is 0 Å². The van der Waals surface area contributed by atoms with Gasteiger partial charge in [0.05, 0.1) is 18.8 Å². The molecule has 2 N–H and O–H groups in total. The first-order valence-corrected chi connectivity index (χ1v) is 9.64. The van der Waals surface area contributed by atoms with Crippen LogP contribution < -0.4 is 10.6 Å². The van der Waals surface area contributed by atoms with E-state index in [2.05, 4.69) is 22.5 Å². The molecule has 24 heavy (non-hydrogen) atoms. The number of nitrogens with one attached hydrogen (secondary N) is 2. The van der Waals surface area contributed by atoms with Crippen molar-refractivity contribution < 1.29 is 9.47 Å². The van der Waals surface area contributed by atoms with Crippen LogP contribution in [0, 0.1) is 0 Å². The van der Waals surface area contributed by atoms with E-state index in [1.54, 1.807) is 0 Å². The van der Waals surface area contributed by atoms with Gasteiger partial charge in [-0.2, -0.15) is 0 Å². The number of guanidine groups is 1. The van der Waals surface area contributed by atoms with Crippen LogP contribution in [-0.4, -0.2) is 51.0 Å². The molecule has 1 heterocycles. The predicted molar refractivity (Wildman–Crippen MR) is 110 cm³/mol. The Balaban J connectivity index is 0.00000288. The lowest BCUT2D eigenvalue weighted by atomic mass is 10.1. The molecule has 0 bridgehead atoms. The minimum absolute atomic E-state index is 0. The van der Waals surface area contributed by atoms with Crippen molar-refractivity contribution in [3.05, 3.63) is 0 Å². The van der Waals surface area contributed by atoms with Gasteiger partial charge in [0, 0.05) is 26.2 Å². The van der Waals surface area contributed by atoms with E-state index in [-0.39, 0.29) is 24.0 Å². The largest absolute Gasteiger partial charge is 0.378 e. The van der Waals surface area contributed by atoms with Crippen molar-refractivity contribution in [3.63, 3.8) is 0 Å². The highest BCUT2D eigenvalue weighted by Gasteiger charge is 2.14. The Kier molecular flexibility index (Phi) is 12.9. The molecule has 0 aromatic carbocycles. The minimum Gasteiger partial charge on any atom is -0.378 e. The summed E-state index contributed by atoms with van der Waals surface area (Å²) < 4.78 is 11.7. The van der Waals surface area contributed by atoms with E-state index in [4.69, 9.17) is 9.47 Å². The van der Waals surface area contributed by atoms with Gasteiger partial charge in [-0.3, -0.25) is 4.99 Å². The van der Waals surface area contributed by atoms with Crippen molar-refractivity contribution in [2.24, 2.45) is 4.99 Å². The summed E-state index contributed by atoms with van der Waals surface area (Å²) in [6, 6.07) is 0. The van der Waals surface area contributed by atoms with Crippen LogP contribution in [0.25, 0.3) is 0 Å². The van der Waals surface area contributed by atoms with E-state index in [0.717, 1.165) is 45.2 Å². The zero-order chi connectivity index (χ0) is 16.2. The van der Waals surface area contributed by atoms with Gasteiger partial charge in [-0.1, -0.05) is 25.7 Å². The fraction of sp³-hybridized carbons (Fsp3) is 0.944. The van der Waals surface area contributed by atoms with Crippen LogP contribution in [0.3, 0.4) is 0 Å². The van der Waals surface area contributed by atoms with Crippen LogP contribution >= 0.6 is 24.0 Å². The highest BCUT2D eigenvalue weighted by Crippen LogP contribution is 2.19. The lowest BCUT2D eigenvalue weighted by Crippen LogP contribution is -2.39. The van der Waals surface area contributed by atoms with Gasteiger partial charge in [0.2, 0.25) is 0 Å². The first kappa shape index (κ1) is 22.0. The van der Waals surface area contributed by atoms with E-state index in [0.29, 0.717) is 12.2 Å². The molecule has 1 atom stereocenters. The number of ether oxygens (including phenoxy) is 2. The van der Waals surface area contributed by atoms with Crippen LogP contribution in [-0.2, 0) is 9.47 Å². The third-order valence-corrected chi connectivity index (χ3v) is 4.64. The molecule has 1 saturated heterocycles. The van der Waals surface area contributed by atoms with Crippen LogP contribution in [0.1, 0.15) is 64.7 Å². The molecule has 1 aliphatic carbocycles. The zero-order valence-electron chi connectivity index (χ0n) is 15.2. The molecule has 0 aromatic heterocycles. The average molecular weight is 453 g/mol. The molecule has 1 aliphatic heterocycles. The van der Waals surface area contributed by atoms with Gasteiger partial charge < -0.3 is 20.1 Å². The van der Waals surface area contributed by atoms with E-state index in [1.165, 1.54) is 51.4 Å². The number of hydrogen-bond acceptors (Lipinski definition) is 3. The van der Waals surface area contributed by atoms with Gasteiger partial charge in [-0.25, -0.2) is 0 Å². The molecule has 5 nitrogen and oxygen atoms in total. The van der Waals surface area contributed by atoms with Crippen LogP contribution in [0.4, 0.5) is 0 Å². The van der Waals surface area contributed by atoms with Crippen molar-refractivity contribution in [2.75, 3.05) is 32.8 Å². The molecule has 0 aromatic rings. The molecule has 142 valence electrons. The summed E-state index contributed by atoms with van der Waals surface area (Å²) in [4.78, 5) is 4.64. The predicted octanol–water partition coefficient (Wildman–Crippen LogP) is 3.47. The van der Waals surface area contributed by atoms with E-state index in [9.17, 15) is 0 Å². The van der Waals surface area contributed by atoms with Gasteiger partial charge in [-0.15, -0.1) is 24.0 Å². The number of aliphatic imine (C=N–C) groups is 1. The second kappa shape index (κ2) is 14.1.